The third kappa shape index (κ3) is 4.95. The second kappa shape index (κ2) is 7.48. The molecule has 0 saturated carbocycles. The van der Waals surface area contributed by atoms with Crippen molar-refractivity contribution >= 4 is 23.4 Å². The van der Waals surface area contributed by atoms with Crippen LogP contribution in [0.1, 0.15) is 17.7 Å². The SMILES string of the molecule is CS[C@H](C)c1ccc(Cl)nc1.N#CN. The Hall–Kier alpha value is -0.920. The van der Waals surface area contributed by atoms with Crippen LogP contribution in [0.15, 0.2) is 18.3 Å². The minimum Gasteiger partial charge on any atom is -0.337 e. The Morgan fingerprint density at radius 1 is 1.64 bits per heavy atom. The van der Waals surface area contributed by atoms with Gasteiger partial charge < -0.3 is 5.73 Å². The van der Waals surface area contributed by atoms with Gasteiger partial charge in [0.05, 0.1) is 0 Å². The zero-order valence-corrected chi connectivity index (χ0v) is 9.64. The van der Waals surface area contributed by atoms with E-state index in [1.54, 1.807) is 11.8 Å². The van der Waals surface area contributed by atoms with Crippen molar-refractivity contribution in [3.8, 4) is 6.19 Å². The summed E-state index contributed by atoms with van der Waals surface area (Å²) in [6.45, 7) is 2.15. The van der Waals surface area contributed by atoms with Crippen molar-refractivity contribution in [1.82, 2.24) is 4.98 Å². The van der Waals surface area contributed by atoms with E-state index < -0.39 is 0 Å². The Labute approximate surface area is 93.3 Å². The fraction of sp³-hybridized carbons (Fsp3) is 0.333. The van der Waals surface area contributed by atoms with E-state index in [0.29, 0.717) is 10.4 Å². The molecule has 1 atom stereocenters. The third-order valence-corrected chi connectivity index (χ3v) is 2.78. The molecule has 0 radical (unpaired) electrons. The summed E-state index contributed by atoms with van der Waals surface area (Å²) in [6, 6.07) is 3.83. The molecule has 3 nitrogen and oxygen atoms in total. The van der Waals surface area contributed by atoms with Crippen molar-refractivity contribution in [1.29, 1.82) is 5.26 Å². The Bertz CT molecular complexity index is 294. The number of nitriles is 1. The maximum atomic E-state index is 7.10. The molecule has 0 amide bonds. The van der Waals surface area contributed by atoms with Crippen LogP contribution in [0.3, 0.4) is 0 Å². The van der Waals surface area contributed by atoms with Crippen molar-refractivity contribution in [2.75, 3.05) is 6.26 Å². The lowest BCUT2D eigenvalue weighted by Crippen LogP contribution is -1.87. The molecule has 0 aliphatic rings. The molecule has 0 spiro atoms. The van der Waals surface area contributed by atoms with Gasteiger partial charge in [0, 0.05) is 11.4 Å². The van der Waals surface area contributed by atoms with Gasteiger partial charge in [-0.3, -0.25) is 0 Å². The van der Waals surface area contributed by atoms with E-state index in [0.717, 1.165) is 0 Å². The summed E-state index contributed by atoms with van der Waals surface area (Å²) in [5.41, 5.74) is 5.38. The summed E-state index contributed by atoms with van der Waals surface area (Å²) < 4.78 is 0. The molecule has 0 aliphatic carbocycles. The van der Waals surface area contributed by atoms with Crippen LogP contribution in [-0.4, -0.2) is 11.2 Å². The smallest absolute Gasteiger partial charge is 0.173 e. The second-order valence-electron chi connectivity index (χ2n) is 2.42. The fourth-order valence-electron chi connectivity index (χ4n) is 0.764. The predicted molar refractivity (Wildman–Crippen MR) is 61.0 cm³/mol. The fourth-order valence-corrected chi connectivity index (χ4v) is 1.29. The molecule has 1 heterocycles. The van der Waals surface area contributed by atoms with Crippen LogP contribution < -0.4 is 5.73 Å². The monoisotopic (exact) mass is 229 g/mol. The summed E-state index contributed by atoms with van der Waals surface area (Å²) in [5.74, 6) is 0. The van der Waals surface area contributed by atoms with Gasteiger partial charge in [-0.05, 0) is 24.8 Å². The van der Waals surface area contributed by atoms with Crippen LogP contribution in [0.5, 0.6) is 0 Å². The third-order valence-electron chi connectivity index (χ3n) is 1.57. The van der Waals surface area contributed by atoms with E-state index in [-0.39, 0.29) is 0 Å². The first kappa shape index (κ1) is 13.1. The number of rotatable bonds is 2. The molecule has 76 valence electrons. The van der Waals surface area contributed by atoms with E-state index in [2.05, 4.69) is 23.9 Å². The molecular formula is C9H12ClN3S. The molecular weight excluding hydrogens is 218 g/mol. The molecule has 1 aromatic rings. The zero-order chi connectivity index (χ0) is 11.0. The second-order valence-corrected chi connectivity index (χ2v) is 3.99. The number of aromatic nitrogens is 1. The van der Waals surface area contributed by atoms with Gasteiger partial charge in [-0.2, -0.15) is 17.0 Å². The molecule has 5 heteroatoms. The van der Waals surface area contributed by atoms with Gasteiger partial charge in [-0.25, -0.2) is 4.98 Å². The van der Waals surface area contributed by atoms with Gasteiger partial charge in [0.25, 0.3) is 0 Å². The number of nitrogens with zero attached hydrogens (tertiary/aromatic N) is 2. The number of thioether (sulfide) groups is 1. The highest BCUT2D eigenvalue weighted by molar-refractivity contribution is 7.98. The number of pyridine rings is 1. The Morgan fingerprint density at radius 3 is 2.57 bits per heavy atom. The van der Waals surface area contributed by atoms with E-state index in [1.807, 2.05) is 18.3 Å². The molecule has 0 saturated heterocycles. The number of halogens is 1. The van der Waals surface area contributed by atoms with E-state index >= 15 is 0 Å². The Balaban J connectivity index is 0.000000500. The van der Waals surface area contributed by atoms with Crippen molar-refractivity contribution in [2.45, 2.75) is 12.2 Å². The van der Waals surface area contributed by atoms with Gasteiger partial charge in [0.1, 0.15) is 5.15 Å². The van der Waals surface area contributed by atoms with Gasteiger partial charge in [-0.1, -0.05) is 17.7 Å². The highest BCUT2D eigenvalue weighted by Crippen LogP contribution is 2.25. The molecule has 0 aromatic carbocycles. The van der Waals surface area contributed by atoms with E-state index in [4.69, 9.17) is 16.9 Å². The molecule has 0 fully saturated rings. The van der Waals surface area contributed by atoms with Crippen LogP contribution >= 0.6 is 23.4 Å². The Morgan fingerprint density at radius 2 is 2.21 bits per heavy atom. The van der Waals surface area contributed by atoms with E-state index in [1.165, 1.54) is 11.8 Å². The van der Waals surface area contributed by atoms with Crippen LogP contribution in [0.4, 0.5) is 0 Å². The minimum atomic E-state index is 0.500. The first-order valence-electron chi connectivity index (χ1n) is 3.89. The van der Waals surface area contributed by atoms with Crippen LogP contribution in [-0.2, 0) is 0 Å². The molecule has 2 N–H and O–H groups in total. The lowest BCUT2D eigenvalue weighted by molar-refractivity contribution is 1.07. The molecule has 1 rings (SSSR count). The van der Waals surface area contributed by atoms with Gasteiger partial charge in [-0.15, -0.1) is 0 Å². The zero-order valence-electron chi connectivity index (χ0n) is 8.07. The van der Waals surface area contributed by atoms with Gasteiger partial charge in [0.2, 0.25) is 0 Å². The van der Waals surface area contributed by atoms with Gasteiger partial charge >= 0.3 is 0 Å². The first-order chi connectivity index (χ1) is 6.65. The molecule has 0 unspecified atom stereocenters. The van der Waals surface area contributed by atoms with Crippen molar-refractivity contribution < 1.29 is 0 Å². The van der Waals surface area contributed by atoms with Crippen molar-refractivity contribution in [3.05, 3.63) is 29.0 Å². The minimum absolute atomic E-state index is 0.500. The standard InChI is InChI=1S/C8H10ClNS.CH2N2/c1-6(11-2)7-3-4-8(9)10-5-7;2-1-3/h3-6H,1-2H3;2H2/t6-;/m1./s1. The normalized spacial score (nSPS) is 10.7. The van der Waals surface area contributed by atoms with E-state index in [9.17, 15) is 0 Å². The molecule has 1 aromatic heterocycles. The number of hydrogen-bond donors (Lipinski definition) is 1. The average Bonchev–Trinajstić information content (AvgIpc) is 2.19. The maximum absolute atomic E-state index is 7.10. The van der Waals surface area contributed by atoms with Crippen LogP contribution in [0, 0.1) is 11.5 Å². The highest BCUT2D eigenvalue weighted by atomic mass is 35.5. The van der Waals surface area contributed by atoms with Gasteiger partial charge in [0.15, 0.2) is 6.19 Å². The maximum Gasteiger partial charge on any atom is 0.173 e. The molecule has 0 aliphatic heterocycles. The highest BCUT2D eigenvalue weighted by Gasteiger charge is 2.02. The van der Waals surface area contributed by atoms with Crippen molar-refractivity contribution in [2.24, 2.45) is 5.73 Å². The summed E-state index contributed by atoms with van der Waals surface area (Å²) in [5, 5.41) is 8.15. The summed E-state index contributed by atoms with van der Waals surface area (Å²) in [4.78, 5) is 4.00. The lowest BCUT2D eigenvalue weighted by Gasteiger charge is -2.06. The number of nitrogens with two attached hydrogens (primary N) is 1. The lowest BCUT2D eigenvalue weighted by atomic mass is 10.2. The summed E-state index contributed by atoms with van der Waals surface area (Å²) in [6.07, 6.45) is 5.16. The van der Waals surface area contributed by atoms with Crippen LogP contribution in [0.2, 0.25) is 5.15 Å². The number of hydrogen-bond acceptors (Lipinski definition) is 4. The quantitative estimate of drug-likeness (QED) is 0.481. The Kier molecular flexibility index (Phi) is 6.99. The first-order valence-corrected chi connectivity index (χ1v) is 5.56. The largest absolute Gasteiger partial charge is 0.337 e. The molecule has 14 heavy (non-hydrogen) atoms. The topological polar surface area (TPSA) is 62.7 Å². The average molecular weight is 230 g/mol. The summed E-state index contributed by atoms with van der Waals surface area (Å²) >= 11 is 7.44. The summed E-state index contributed by atoms with van der Waals surface area (Å²) in [7, 11) is 0. The predicted octanol–water partition coefficient (Wildman–Crippen LogP) is 2.59. The van der Waals surface area contributed by atoms with Crippen molar-refractivity contribution in [3.63, 3.8) is 0 Å². The van der Waals surface area contributed by atoms with Crippen LogP contribution in [0.25, 0.3) is 0 Å². The molecule has 0 bridgehead atoms.